The molecule has 0 bridgehead atoms. The maximum atomic E-state index is 12.8. The molecule has 0 atom stereocenters. The first-order valence-corrected chi connectivity index (χ1v) is 11.3. The number of sulfonamides is 1. The molecular formula is C22H24N4O3S. The van der Waals surface area contributed by atoms with Crippen LogP contribution in [0, 0.1) is 13.8 Å². The summed E-state index contributed by atoms with van der Waals surface area (Å²) in [6.07, 6.45) is 5.40. The van der Waals surface area contributed by atoms with Crippen molar-refractivity contribution in [3.8, 4) is 0 Å². The highest BCUT2D eigenvalue weighted by Crippen LogP contribution is 2.24. The van der Waals surface area contributed by atoms with Gasteiger partial charge in [-0.2, -0.15) is 0 Å². The average Bonchev–Trinajstić information content (AvgIpc) is 3.42. The molecule has 1 heterocycles. The molecule has 3 aromatic rings. The summed E-state index contributed by atoms with van der Waals surface area (Å²) in [6, 6.07) is 12.2. The molecule has 156 valence electrons. The summed E-state index contributed by atoms with van der Waals surface area (Å²) in [5.41, 5.74) is 2.79. The normalized spacial score (nSPS) is 13.9. The van der Waals surface area contributed by atoms with E-state index < -0.39 is 10.0 Å². The number of carbonyl (C=O) groups is 1. The lowest BCUT2D eigenvalue weighted by atomic mass is 10.1. The molecule has 0 saturated heterocycles. The van der Waals surface area contributed by atoms with Crippen molar-refractivity contribution in [2.75, 3.05) is 5.32 Å². The topological polar surface area (TPSA) is 93.1 Å². The SMILES string of the molecule is Cc1ccc(S(=O)(=O)NC2CC2)cc1C(=O)Nc1ccc(Cn2ccnc2C)cc1. The monoisotopic (exact) mass is 424 g/mol. The highest BCUT2D eigenvalue weighted by Gasteiger charge is 2.28. The lowest BCUT2D eigenvalue weighted by Crippen LogP contribution is -2.26. The van der Waals surface area contributed by atoms with Crippen LogP contribution in [0.4, 0.5) is 5.69 Å². The lowest BCUT2D eigenvalue weighted by Gasteiger charge is -2.12. The Balaban J connectivity index is 1.48. The van der Waals surface area contributed by atoms with Crippen molar-refractivity contribution in [3.05, 3.63) is 77.4 Å². The molecule has 1 saturated carbocycles. The Morgan fingerprint density at radius 2 is 1.87 bits per heavy atom. The molecule has 1 fully saturated rings. The molecule has 1 amide bonds. The minimum atomic E-state index is -3.61. The van der Waals surface area contributed by atoms with Crippen molar-refractivity contribution in [2.24, 2.45) is 0 Å². The van der Waals surface area contributed by atoms with Gasteiger partial charge in [0.15, 0.2) is 0 Å². The van der Waals surface area contributed by atoms with Crippen LogP contribution in [0.25, 0.3) is 0 Å². The summed E-state index contributed by atoms with van der Waals surface area (Å²) in [7, 11) is -3.61. The molecule has 0 unspecified atom stereocenters. The number of imidazole rings is 1. The third kappa shape index (κ3) is 4.60. The predicted molar refractivity (Wildman–Crippen MR) is 115 cm³/mol. The van der Waals surface area contributed by atoms with E-state index in [0.29, 0.717) is 23.4 Å². The van der Waals surface area contributed by atoms with E-state index >= 15 is 0 Å². The average molecular weight is 425 g/mol. The third-order valence-electron chi connectivity index (χ3n) is 5.15. The highest BCUT2D eigenvalue weighted by molar-refractivity contribution is 7.89. The fourth-order valence-electron chi connectivity index (χ4n) is 3.16. The summed E-state index contributed by atoms with van der Waals surface area (Å²) < 4.78 is 29.6. The van der Waals surface area contributed by atoms with Gasteiger partial charge in [-0.15, -0.1) is 0 Å². The summed E-state index contributed by atoms with van der Waals surface area (Å²) in [5.74, 6) is 0.600. The van der Waals surface area contributed by atoms with Gasteiger partial charge in [0.25, 0.3) is 5.91 Å². The first kappa shape index (κ1) is 20.3. The van der Waals surface area contributed by atoms with Crippen LogP contribution in [0.5, 0.6) is 0 Å². The van der Waals surface area contributed by atoms with Crippen LogP contribution in [0.1, 0.15) is 40.2 Å². The molecule has 7 nitrogen and oxygen atoms in total. The number of carbonyl (C=O) groups excluding carboxylic acids is 1. The Hall–Kier alpha value is -2.97. The summed E-state index contributed by atoms with van der Waals surface area (Å²) in [6.45, 7) is 4.44. The van der Waals surface area contributed by atoms with E-state index in [1.807, 2.05) is 42.0 Å². The molecule has 1 aliphatic carbocycles. The van der Waals surface area contributed by atoms with Crippen LogP contribution in [0.3, 0.4) is 0 Å². The maximum absolute atomic E-state index is 12.8. The van der Waals surface area contributed by atoms with E-state index in [9.17, 15) is 13.2 Å². The molecule has 30 heavy (non-hydrogen) atoms. The van der Waals surface area contributed by atoms with Crippen molar-refractivity contribution < 1.29 is 13.2 Å². The predicted octanol–water partition coefficient (Wildman–Crippen LogP) is 3.24. The highest BCUT2D eigenvalue weighted by atomic mass is 32.2. The fraction of sp³-hybridized carbons (Fsp3) is 0.273. The van der Waals surface area contributed by atoms with E-state index in [2.05, 4.69) is 15.0 Å². The van der Waals surface area contributed by atoms with Gasteiger partial charge in [-0.25, -0.2) is 18.1 Å². The Kier molecular flexibility index (Phi) is 5.44. The van der Waals surface area contributed by atoms with Gasteiger partial charge in [0.2, 0.25) is 10.0 Å². The lowest BCUT2D eigenvalue weighted by molar-refractivity contribution is 0.102. The molecular weight excluding hydrogens is 400 g/mol. The maximum Gasteiger partial charge on any atom is 0.255 e. The van der Waals surface area contributed by atoms with Crippen LogP contribution >= 0.6 is 0 Å². The molecule has 2 aromatic carbocycles. The van der Waals surface area contributed by atoms with Gasteiger partial charge >= 0.3 is 0 Å². The number of benzene rings is 2. The number of nitrogens with zero attached hydrogens (tertiary/aromatic N) is 2. The number of hydrogen-bond donors (Lipinski definition) is 2. The molecule has 1 aromatic heterocycles. The van der Waals surface area contributed by atoms with Gasteiger partial charge in [0.1, 0.15) is 5.82 Å². The Morgan fingerprint density at radius 1 is 1.13 bits per heavy atom. The van der Waals surface area contributed by atoms with Gasteiger partial charge in [-0.05, 0) is 62.1 Å². The van der Waals surface area contributed by atoms with Crippen LogP contribution < -0.4 is 10.0 Å². The van der Waals surface area contributed by atoms with Crippen molar-refractivity contribution in [2.45, 2.75) is 44.2 Å². The quantitative estimate of drug-likeness (QED) is 0.609. The van der Waals surface area contributed by atoms with Gasteiger partial charge in [-0.1, -0.05) is 18.2 Å². The summed E-state index contributed by atoms with van der Waals surface area (Å²) in [5, 5.41) is 2.85. The second kappa shape index (κ2) is 8.04. The number of aromatic nitrogens is 2. The van der Waals surface area contributed by atoms with E-state index in [-0.39, 0.29) is 16.8 Å². The molecule has 0 spiro atoms. The second-order valence-electron chi connectivity index (χ2n) is 7.63. The zero-order valence-electron chi connectivity index (χ0n) is 16.9. The Morgan fingerprint density at radius 3 is 2.50 bits per heavy atom. The molecule has 8 heteroatoms. The van der Waals surface area contributed by atoms with Crippen molar-refractivity contribution in [3.63, 3.8) is 0 Å². The van der Waals surface area contributed by atoms with Crippen molar-refractivity contribution >= 4 is 21.6 Å². The molecule has 1 aliphatic rings. The third-order valence-corrected chi connectivity index (χ3v) is 6.67. The minimum Gasteiger partial charge on any atom is -0.331 e. The molecule has 4 rings (SSSR count). The standard InChI is InChI=1S/C22H24N4O3S/c1-15-3-10-20(30(28,29)25-19-8-9-19)13-21(15)22(27)24-18-6-4-17(5-7-18)14-26-12-11-23-16(26)2/h3-7,10-13,19,25H,8-9,14H2,1-2H3,(H,24,27). The fourth-order valence-corrected chi connectivity index (χ4v) is 4.49. The number of rotatable bonds is 7. The Labute approximate surface area is 176 Å². The zero-order valence-corrected chi connectivity index (χ0v) is 17.7. The number of hydrogen-bond acceptors (Lipinski definition) is 4. The van der Waals surface area contributed by atoms with E-state index in [1.165, 1.54) is 12.1 Å². The molecule has 0 aliphatic heterocycles. The van der Waals surface area contributed by atoms with Crippen LogP contribution in [0.15, 0.2) is 59.8 Å². The zero-order chi connectivity index (χ0) is 21.3. The van der Waals surface area contributed by atoms with Crippen LogP contribution in [0.2, 0.25) is 0 Å². The summed E-state index contributed by atoms with van der Waals surface area (Å²) >= 11 is 0. The molecule has 2 N–H and O–H groups in total. The van der Waals surface area contributed by atoms with Gasteiger partial charge in [-0.3, -0.25) is 4.79 Å². The van der Waals surface area contributed by atoms with Gasteiger partial charge in [0, 0.05) is 36.2 Å². The van der Waals surface area contributed by atoms with Gasteiger partial charge < -0.3 is 9.88 Å². The van der Waals surface area contributed by atoms with Crippen molar-refractivity contribution in [1.82, 2.24) is 14.3 Å². The van der Waals surface area contributed by atoms with E-state index in [1.54, 1.807) is 19.2 Å². The van der Waals surface area contributed by atoms with Gasteiger partial charge in [0.05, 0.1) is 4.90 Å². The smallest absolute Gasteiger partial charge is 0.255 e. The van der Waals surface area contributed by atoms with E-state index in [4.69, 9.17) is 0 Å². The number of anilines is 1. The number of amides is 1. The van der Waals surface area contributed by atoms with Crippen LogP contribution in [-0.2, 0) is 16.6 Å². The van der Waals surface area contributed by atoms with Crippen LogP contribution in [-0.4, -0.2) is 29.9 Å². The Bertz CT molecular complexity index is 1180. The number of aryl methyl sites for hydroxylation is 2. The number of nitrogens with one attached hydrogen (secondary N) is 2. The first-order chi connectivity index (χ1) is 14.3. The summed E-state index contributed by atoms with van der Waals surface area (Å²) in [4.78, 5) is 17.1. The minimum absolute atomic E-state index is 0.0122. The van der Waals surface area contributed by atoms with E-state index in [0.717, 1.165) is 24.2 Å². The molecule has 0 radical (unpaired) electrons. The largest absolute Gasteiger partial charge is 0.331 e. The van der Waals surface area contributed by atoms with Crippen molar-refractivity contribution in [1.29, 1.82) is 0 Å². The second-order valence-corrected chi connectivity index (χ2v) is 9.34. The first-order valence-electron chi connectivity index (χ1n) is 9.83.